The minimum absolute atomic E-state index is 0.136. The summed E-state index contributed by atoms with van der Waals surface area (Å²) >= 11 is 3.38. The first-order valence-corrected chi connectivity index (χ1v) is 6.34. The number of Topliss-reactive ketones (excluding diaryl/α,β-unsaturated/α-hetero) is 1. The summed E-state index contributed by atoms with van der Waals surface area (Å²) in [6, 6.07) is 5.51. The van der Waals surface area contributed by atoms with E-state index in [1.54, 1.807) is 13.2 Å². The van der Waals surface area contributed by atoms with Crippen molar-refractivity contribution in [2.75, 3.05) is 13.7 Å². The first-order chi connectivity index (χ1) is 8.04. The summed E-state index contributed by atoms with van der Waals surface area (Å²) in [6.07, 6.45) is 1.12. The van der Waals surface area contributed by atoms with Crippen LogP contribution in [-0.4, -0.2) is 25.1 Å². The highest BCUT2D eigenvalue weighted by molar-refractivity contribution is 9.10. The van der Waals surface area contributed by atoms with Crippen molar-refractivity contribution in [1.29, 1.82) is 0 Å². The van der Waals surface area contributed by atoms with Gasteiger partial charge in [0.2, 0.25) is 0 Å². The van der Waals surface area contributed by atoms with E-state index in [9.17, 15) is 4.79 Å². The summed E-state index contributed by atoms with van der Waals surface area (Å²) in [6.45, 7) is 2.54. The number of rotatable bonds is 3. The second-order valence-electron chi connectivity index (χ2n) is 4.54. The first kappa shape index (κ1) is 12.6. The number of benzene rings is 1. The molecule has 1 aliphatic rings. The molecule has 0 bridgehead atoms. The lowest BCUT2D eigenvalue weighted by Crippen LogP contribution is -2.40. The Morgan fingerprint density at radius 2 is 2.29 bits per heavy atom. The molecule has 1 aliphatic heterocycles. The molecule has 1 aromatic carbocycles. The number of carbonyl (C=O) groups excluding carboxylic acids is 1. The number of hydrogen-bond acceptors (Lipinski definition) is 3. The lowest BCUT2D eigenvalue weighted by atomic mass is 9.89. The molecular formula is C13H15BrO3. The first-order valence-electron chi connectivity index (χ1n) is 5.55. The fourth-order valence-electron chi connectivity index (χ4n) is 2.00. The van der Waals surface area contributed by atoms with Gasteiger partial charge in [-0.25, -0.2) is 0 Å². The van der Waals surface area contributed by atoms with Gasteiger partial charge in [0, 0.05) is 24.6 Å². The Bertz CT molecular complexity index is 444. The molecule has 0 saturated carbocycles. The van der Waals surface area contributed by atoms with Crippen LogP contribution in [0.4, 0.5) is 0 Å². The van der Waals surface area contributed by atoms with E-state index in [4.69, 9.17) is 9.47 Å². The number of fused-ring (bicyclic) bond motifs is 1. The zero-order valence-electron chi connectivity index (χ0n) is 9.96. The maximum atomic E-state index is 12.0. The highest BCUT2D eigenvalue weighted by Crippen LogP contribution is 2.36. The van der Waals surface area contributed by atoms with Crippen molar-refractivity contribution in [3.05, 3.63) is 28.2 Å². The van der Waals surface area contributed by atoms with Gasteiger partial charge < -0.3 is 9.47 Å². The lowest BCUT2D eigenvalue weighted by molar-refractivity contribution is 0.0290. The van der Waals surface area contributed by atoms with Crippen LogP contribution in [-0.2, 0) is 4.74 Å². The molecule has 3 nitrogen and oxygen atoms in total. The van der Waals surface area contributed by atoms with E-state index in [1.165, 1.54) is 0 Å². The van der Waals surface area contributed by atoms with E-state index < -0.39 is 5.60 Å². The third-order valence-corrected chi connectivity index (χ3v) is 3.46. The SMILES string of the molecule is COCCC1(C)CC(=O)c2ccc(Br)cc2O1. The van der Waals surface area contributed by atoms with Crippen molar-refractivity contribution in [3.8, 4) is 5.75 Å². The van der Waals surface area contributed by atoms with E-state index in [0.29, 0.717) is 30.8 Å². The monoisotopic (exact) mass is 298 g/mol. The van der Waals surface area contributed by atoms with Gasteiger partial charge in [0.15, 0.2) is 5.78 Å². The van der Waals surface area contributed by atoms with Gasteiger partial charge >= 0.3 is 0 Å². The highest BCUT2D eigenvalue weighted by Gasteiger charge is 2.36. The third kappa shape index (κ3) is 2.69. The number of hydrogen-bond donors (Lipinski definition) is 0. The Balaban J connectivity index is 2.28. The summed E-state index contributed by atoms with van der Waals surface area (Å²) in [4.78, 5) is 12.0. The second-order valence-corrected chi connectivity index (χ2v) is 5.45. The van der Waals surface area contributed by atoms with Gasteiger partial charge in [0.1, 0.15) is 11.4 Å². The highest BCUT2D eigenvalue weighted by atomic mass is 79.9. The van der Waals surface area contributed by atoms with Gasteiger partial charge in [-0.2, -0.15) is 0 Å². The molecule has 0 N–H and O–H groups in total. The van der Waals surface area contributed by atoms with Crippen molar-refractivity contribution >= 4 is 21.7 Å². The van der Waals surface area contributed by atoms with Crippen LogP contribution in [0.3, 0.4) is 0 Å². The number of halogens is 1. The molecule has 2 rings (SSSR count). The molecule has 17 heavy (non-hydrogen) atoms. The topological polar surface area (TPSA) is 35.5 Å². The van der Waals surface area contributed by atoms with Crippen LogP contribution in [0.5, 0.6) is 5.75 Å². The molecule has 0 aromatic heterocycles. The van der Waals surface area contributed by atoms with Crippen LogP contribution in [0, 0.1) is 0 Å². The van der Waals surface area contributed by atoms with Crippen molar-refractivity contribution in [2.24, 2.45) is 0 Å². The van der Waals surface area contributed by atoms with Crippen LogP contribution < -0.4 is 4.74 Å². The van der Waals surface area contributed by atoms with Gasteiger partial charge in [-0.3, -0.25) is 4.79 Å². The lowest BCUT2D eigenvalue weighted by Gasteiger charge is -2.34. The Labute approximate surface area is 109 Å². The quantitative estimate of drug-likeness (QED) is 0.859. The van der Waals surface area contributed by atoms with Crippen LogP contribution in [0.25, 0.3) is 0 Å². The Kier molecular flexibility index (Phi) is 3.54. The molecule has 92 valence electrons. The average Bonchev–Trinajstić information content (AvgIpc) is 2.25. The van der Waals surface area contributed by atoms with Gasteiger partial charge in [0.05, 0.1) is 12.0 Å². The molecule has 1 aromatic rings. The molecule has 0 saturated heterocycles. The van der Waals surface area contributed by atoms with Crippen molar-refractivity contribution in [3.63, 3.8) is 0 Å². The Morgan fingerprint density at radius 1 is 1.53 bits per heavy atom. The van der Waals surface area contributed by atoms with Gasteiger partial charge in [-0.1, -0.05) is 15.9 Å². The molecule has 1 atom stereocenters. The second kappa shape index (κ2) is 4.78. The third-order valence-electron chi connectivity index (χ3n) is 2.97. The van der Waals surface area contributed by atoms with Crippen molar-refractivity contribution in [1.82, 2.24) is 0 Å². The summed E-state index contributed by atoms with van der Waals surface area (Å²) in [7, 11) is 1.65. The summed E-state index contributed by atoms with van der Waals surface area (Å²) in [5.74, 6) is 0.798. The maximum Gasteiger partial charge on any atom is 0.170 e. The summed E-state index contributed by atoms with van der Waals surface area (Å²) < 4.78 is 11.9. The molecule has 0 spiro atoms. The number of ketones is 1. The average molecular weight is 299 g/mol. The molecule has 0 amide bonds. The van der Waals surface area contributed by atoms with E-state index >= 15 is 0 Å². The number of methoxy groups -OCH3 is 1. The summed E-state index contributed by atoms with van der Waals surface area (Å²) in [5.41, 5.74) is 0.212. The Hall–Kier alpha value is -0.870. The Morgan fingerprint density at radius 3 is 3.00 bits per heavy atom. The fraction of sp³-hybridized carbons (Fsp3) is 0.462. The maximum absolute atomic E-state index is 12.0. The molecule has 1 unspecified atom stereocenters. The van der Waals surface area contributed by atoms with Crippen LogP contribution in [0.1, 0.15) is 30.1 Å². The van der Waals surface area contributed by atoms with Gasteiger partial charge in [-0.15, -0.1) is 0 Å². The zero-order valence-corrected chi connectivity index (χ0v) is 11.5. The van der Waals surface area contributed by atoms with Crippen LogP contribution in [0.15, 0.2) is 22.7 Å². The molecule has 0 fully saturated rings. The molecule has 0 radical (unpaired) electrons. The van der Waals surface area contributed by atoms with Crippen LogP contribution >= 0.6 is 15.9 Å². The van der Waals surface area contributed by atoms with Crippen molar-refractivity contribution < 1.29 is 14.3 Å². The van der Waals surface area contributed by atoms with Gasteiger partial charge in [0.25, 0.3) is 0 Å². The predicted molar refractivity (Wildman–Crippen MR) is 68.6 cm³/mol. The number of carbonyl (C=O) groups is 1. The minimum Gasteiger partial charge on any atom is -0.486 e. The van der Waals surface area contributed by atoms with E-state index in [-0.39, 0.29) is 5.78 Å². The van der Waals surface area contributed by atoms with E-state index in [0.717, 1.165) is 4.47 Å². The molecular weight excluding hydrogens is 284 g/mol. The predicted octanol–water partition coefficient (Wildman–Crippen LogP) is 3.21. The smallest absolute Gasteiger partial charge is 0.170 e. The zero-order chi connectivity index (χ0) is 12.5. The molecule has 1 heterocycles. The fourth-order valence-corrected chi connectivity index (χ4v) is 2.34. The van der Waals surface area contributed by atoms with E-state index in [1.807, 2.05) is 19.1 Å². The standard InChI is InChI=1S/C13H15BrO3/c1-13(5-6-16-2)8-11(15)10-4-3-9(14)7-12(10)17-13/h3-4,7H,5-6,8H2,1-2H3. The number of ether oxygens (including phenoxy) is 2. The largest absolute Gasteiger partial charge is 0.486 e. The normalized spacial score (nSPS) is 23.1. The summed E-state index contributed by atoms with van der Waals surface area (Å²) in [5, 5.41) is 0. The van der Waals surface area contributed by atoms with Crippen molar-refractivity contribution in [2.45, 2.75) is 25.4 Å². The van der Waals surface area contributed by atoms with Gasteiger partial charge in [-0.05, 0) is 25.1 Å². The minimum atomic E-state index is -0.457. The molecule has 0 aliphatic carbocycles. The van der Waals surface area contributed by atoms with E-state index in [2.05, 4.69) is 15.9 Å². The van der Waals surface area contributed by atoms with Crippen LogP contribution in [0.2, 0.25) is 0 Å². The molecule has 4 heteroatoms.